The Morgan fingerprint density at radius 2 is 1.41 bits per heavy atom. The minimum atomic E-state index is -0.349. The van der Waals surface area contributed by atoms with E-state index in [1.165, 1.54) is 12.1 Å². The molecule has 0 bridgehead atoms. The minimum Gasteiger partial charge on any atom is -0.691 e. The third-order valence-electron chi connectivity index (χ3n) is 4.26. The summed E-state index contributed by atoms with van der Waals surface area (Å²) >= 11 is 6.20. The van der Waals surface area contributed by atoms with Crippen molar-refractivity contribution in [3.63, 3.8) is 0 Å². The number of hydrogen-bond acceptors (Lipinski definition) is 4. The topological polar surface area (TPSA) is 84.6 Å². The molecule has 0 atom stereocenters. The number of halogens is 1. The molecule has 1 aliphatic carbocycles. The van der Waals surface area contributed by atoms with Crippen molar-refractivity contribution in [2.45, 2.75) is 0 Å². The third-order valence-corrected chi connectivity index (χ3v) is 4.58. The zero-order chi connectivity index (χ0) is 19.0. The molecular formula is C20H12ClN3O3. The lowest BCUT2D eigenvalue weighted by molar-refractivity contribution is -0.439. The van der Waals surface area contributed by atoms with Crippen molar-refractivity contribution in [3.8, 4) is 0 Å². The first-order valence-electron chi connectivity index (χ1n) is 8.08. The van der Waals surface area contributed by atoms with Gasteiger partial charge in [-0.2, -0.15) is 0 Å². The summed E-state index contributed by atoms with van der Waals surface area (Å²) in [4.78, 5) is 26.2. The van der Waals surface area contributed by atoms with Gasteiger partial charge in [0.2, 0.25) is 0 Å². The van der Waals surface area contributed by atoms with Crippen LogP contribution in [0.25, 0.3) is 0 Å². The Labute approximate surface area is 159 Å². The Morgan fingerprint density at radius 3 is 2.07 bits per heavy atom. The number of carbonyl (C=O) groups is 2. The molecule has 0 saturated carbocycles. The SMILES string of the molecule is O=C1c2ccccc2C(=O)c2c(NN=[N+]([O-])c3ccccc3)ccc(Cl)c21. The van der Waals surface area contributed by atoms with Gasteiger partial charge in [-0.1, -0.05) is 54.1 Å². The van der Waals surface area contributed by atoms with E-state index in [0.29, 0.717) is 21.7 Å². The fraction of sp³-hybridized carbons (Fsp3) is 0. The Hall–Kier alpha value is -3.51. The van der Waals surface area contributed by atoms with Gasteiger partial charge in [0.15, 0.2) is 22.9 Å². The molecular weight excluding hydrogens is 366 g/mol. The van der Waals surface area contributed by atoms with Crippen molar-refractivity contribution in [2.75, 3.05) is 5.43 Å². The highest BCUT2D eigenvalue weighted by Crippen LogP contribution is 2.36. The van der Waals surface area contributed by atoms with Crippen LogP contribution in [-0.4, -0.2) is 16.4 Å². The van der Waals surface area contributed by atoms with Crippen molar-refractivity contribution in [1.29, 1.82) is 0 Å². The molecule has 0 unspecified atom stereocenters. The van der Waals surface area contributed by atoms with Crippen LogP contribution in [0, 0.1) is 5.21 Å². The molecule has 4 rings (SSSR count). The first-order valence-corrected chi connectivity index (χ1v) is 8.45. The predicted octanol–water partition coefficient (Wildman–Crippen LogP) is 4.74. The fourth-order valence-corrected chi connectivity index (χ4v) is 3.23. The second kappa shape index (κ2) is 6.66. The first kappa shape index (κ1) is 16.9. The van der Waals surface area contributed by atoms with Gasteiger partial charge >= 0.3 is 0 Å². The summed E-state index contributed by atoms with van der Waals surface area (Å²) in [5.74, 6) is -0.687. The van der Waals surface area contributed by atoms with Crippen LogP contribution in [0.2, 0.25) is 5.02 Å². The van der Waals surface area contributed by atoms with E-state index < -0.39 is 0 Å². The Morgan fingerprint density at radius 1 is 0.815 bits per heavy atom. The molecule has 0 fully saturated rings. The van der Waals surface area contributed by atoms with Crippen LogP contribution in [0.3, 0.4) is 0 Å². The molecule has 0 heterocycles. The van der Waals surface area contributed by atoms with E-state index in [1.807, 2.05) is 0 Å². The normalized spacial score (nSPS) is 13.1. The Bertz CT molecular complexity index is 1110. The molecule has 3 aromatic rings. The van der Waals surface area contributed by atoms with Gasteiger partial charge in [-0.15, -0.1) is 10.3 Å². The van der Waals surface area contributed by atoms with Gasteiger partial charge in [-0.25, -0.2) is 0 Å². The maximum Gasteiger partial charge on any atom is 0.198 e. The minimum absolute atomic E-state index is 0.108. The van der Waals surface area contributed by atoms with E-state index >= 15 is 0 Å². The highest BCUT2D eigenvalue weighted by Gasteiger charge is 2.34. The summed E-state index contributed by atoms with van der Waals surface area (Å²) in [5.41, 5.74) is 3.96. The van der Waals surface area contributed by atoms with Gasteiger partial charge in [0.1, 0.15) is 0 Å². The van der Waals surface area contributed by atoms with Gasteiger partial charge < -0.3 is 5.21 Å². The molecule has 0 radical (unpaired) electrons. The number of nitrogens with zero attached hydrogens (tertiary/aromatic N) is 2. The number of fused-ring (bicyclic) bond motifs is 2. The van der Waals surface area contributed by atoms with Crippen LogP contribution in [0.4, 0.5) is 11.4 Å². The number of anilines is 1. The van der Waals surface area contributed by atoms with E-state index in [0.717, 1.165) is 0 Å². The van der Waals surface area contributed by atoms with Crippen molar-refractivity contribution in [3.05, 3.63) is 99.2 Å². The van der Waals surface area contributed by atoms with Gasteiger partial charge in [-0.3, -0.25) is 9.59 Å². The molecule has 0 amide bonds. The molecule has 1 aliphatic rings. The molecule has 6 nitrogen and oxygen atoms in total. The quantitative estimate of drug-likeness (QED) is 0.317. The standard InChI is InChI=1S/C20H12ClN3O3/c21-15-10-11-16(22-23-24(27)12-6-2-1-3-7-12)18-17(15)19(25)13-8-4-5-9-14(13)20(18)26/h1-11,22H. The summed E-state index contributed by atoms with van der Waals surface area (Å²) in [6, 6.07) is 18.0. The fourth-order valence-electron chi connectivity index (χ4n) is 2.99. The summed E-state index contributed by atoms with van der Waals surface area (Å²) in [6.45, 7) is 0. The van der Waals surface area contributed by atoms with Crippen molar-refractivity contribution in [1.82, 2.24) is 0 Å². The lowest BCUT2D eigenvalue weighted by Crippen LogP contribution is -2.22. The smallest absolute Gasteiger partial charge is 0.198 e. The Balaban J connectivity index is 1.79. The average Bonchev–Trinajstić information content (AvgIpc) is 2.71. The number of hydrogen-bond donors (Lipinski definition) is 1. The zero-order valence-electron chi connectivity index (χ0n) is 13.8. The number of benzene rings is 3. The van der Waals surface area contributed by atoms with Crippen LogP contribution in [0.15, 0.2) is 72.0 Å². The van der Waals surface area contributed by atoms with E-state index in [-0.39, 0.29) is 33.4 Å². The molecule has 7 heteroatoms. The molecule has 132 valence electrons. The maximum absolute atomic E-state index is 13.0. The molecule has 0 aliphatic heterocycles. The Kier molecular flexibility index (Phi) is 4.18. The lowest BCUT2D eigenvalue weighted by Gasteiger charge is -2.19. The number of ketones is 2. The monoisotopic (exact) mass is 377 g/mol. The maximum atomic E-state index is 13.0. The van der Waals surface area contributed by atoms with Gasteiger partial charge in [0, 0.05) is 11.1 Å². The van der Waals surface area contributed by atoms with Crippen molar-refractivity contribution in [2.24, 2.45) is 5.22 Å². The lowest BCUT2D eigenvalue weighted by atomic mass is 9.83. The van der Waals surface area contributed by atoms with E-state index in [1.54, 1.807) is 54.6 Å². The summed E-state index contributed by atoms with van der Waals surface area (Å²) in [6.07, 6.45) is 0. The predicted molar refractivity (Wildman–Crippen MR) is 101 cm³/mol. The number of nitrogens with one attached hydrogen (secondary N) is 1. The third kappa shape index (κ3) is 2.86. The van der Waals surface area contributed by atoms with Crippen molar-refractivity contribution < 1.29 is 14.4 Å². The van der Waals surface area contributed by atoms with Gasteiger partial charge in [-0.05, 0) is 24.3 Å². The summed E-state index contributed by atoms with van der Waals surface area (Å²) in [7, 11) is 0. The molecule has 3 aromatic carbocycles. The summed E-state index contributed by atoms with van der Waals surface area (Å²) in [5, 5.41) is 16.0. The molecule has 0 aromatic heterocycles. The van der Waals surface area contributed by atoms with Gasteiger partial charge in [0.25, 0.3) is 0 Å². The van der Waals surface area contributed by atoms with Crippen LogP contribution in [-0.2, 0) is 0 Å². The number of rotatable bonds is 3. The zero-order valence-corrected chi connectivity index (χ0v) is 14.6. The molecule has 27 heavy (non-hydrogen) atoms. The number of para-hydroxylation sites is 1. The second-order valence-corrected chi connectivity index (χ2v) is 6.28. The molecule has 1 N–H and O–H groups in total. The molecule has 0 spiro atoms. The van der Waals surface area contributed by atoms with Crippen LogP contribution >= 0.6 is 11.6 Å². The van der Waals surface area contributed by atoms with Crippen LogP contribution in [0.5, 0.6) is 0 Å². The van der Waals surface area contributed by atoms with Crippen molar-refractivity contribution >= 4 is 34.5 Å². The van der Waals surface area contributed by atoms with Crippen LogP contribution in [0.1, 0.15) is 31.8 Å². The number of carbonyl (C=O) groups excluding carboxylic acids is 2. The van der Waals surface area contributed by atoms with E-state index in [4.69, 9.17) is 11.6 Å². The largest absolute Gasteiger partial charge is 0.691 e. The van der Waals surface area contributed by atoms with Gasteiger partial charge in [0.05, 0.1) is 21.4 Å². The first-order chi connectivity index (χ1) is 13.1. The van der Waals surface area contributed by atoms with E-state index in [9.17, 15) is 14.8 Å². The average molecular weight is 378 g/mol. The second-order valence-electron chi connectivity index (χ2n) is 5.87. The molecule has 0 saturated heterocycles. The summed E-state index contributed by atoms with van der Waals surface area (Å²) < 4.78 is 0. The van der Waals surface area contributed by atoms with Crippen LogP contribution < -0.4 is 5.43 Å². The highest BCUT2D eigenvalue weighted by molar-refractivity contribution is 6.39. The highest BCUT2D eigenvalue weighted by atomic mass is 35.5. The van der Waals surface area contributed by atoms with E-state index in [2.05, 4.69) is 10.6 Å².